The lowest BCUT2D eigenvalue weighted by atomic mass is 10.2. The number of carbonyl (C=O) groups is 1. The Hall–Kier alpha value is -3.55. The third-order valence-electron chi connectivity index (χ3n) is 3.43. The third kappa shape index (κ3) is 3.86. The molecule has 0 atom stereocenters. The van der Waals surface area contributed by atoms with Gasteiger partial charge in [-0.3, -0.25) is 15.6 Å². The van der Waals surface area contributed by atoms with Crippen LogP contribution in [0.15, 0.2) is 53.4 Å². The SMILES string of the molecule is CCc1ccc(Oc2ncnc(NNC(=O)c3ccco3)c2N)cc1. The van der Waals surface area contributed by atoms with E-state index in [9.17, 15) is 4.79 Å². The van der Waals surface area contributed by atoms with E-state index in [0.29, 0.717) is 5.75 Å². The van der Waals surface area contributed by atoms with Crippen molar-refractivity contribution in [3.05, 3.63) is 60.3 Å². The number of aryl methyl sites for hydroxylation is 1. The van der Waals surface area contributed by atoms with E-state index >= 15 is 0 Å². The van der Waals surface area contributed by atoms with Crippen LogP contribution in [0.25, 0.3) is 0 Å². The molecule has 2 heterocycles. The molecule has 0 aliphatic heterocycles. The van der Waals surface area contributed by atoms with Crippen LogP contribution >= 0.6 is 0 Å². The minimum absolute atomic E-state index is 0.160. The summed E-state index contributed by atoms with van der Waals surface area (Å²) in [5.74, 6) is 0.713. The number of nitrogens with one attached hydrogen (secondary N) is 2. The van der Waals surface area contributed by atoms with Gasteiger partial charge in [-0.15, -0.1) is 0 Å². The Balaban J connectivity index is 1.69. The summed E-state index contributed by atoms with van der Waals surface area (Å²) in [6, 6.07) is 10.8. The molecule has 2 aromatic heterocycles. The Morgan fingerprint density at radius 2 is 2.04 bits per heavy atom. The first-order valence-electron chi connectivity index (χ1n) is 7.64. The Kier molecular flexibility index (Phi) is 4.79. The minimum Gasteiger partial charge on any atom is -0.459 e. The van der Waals surface area contributed by atoms with Gasteiger partial charge in [0.25, 0.3) is 0 Å². The summed E-state index contributed by atoms with van der Waals surface area (Å²) in [7, 11) is 0. The van der Waals surface area contributed by atoms with Crippen molar-refractivity contribution in [2.45, 2.75) is 13.3 Å². The second-order valence-electron chi connectivity index (χ2n) is 5.10. The van der Waals surface area contributed by atoms with Gasteiger partial charge in [0, 0.05) is 0 Å². The van der Waals surface area contributed by atoms with Gasteiger partial charge in [-0.05, 0) is 36.2 Å². The Morgan fingerprint density at radius 1 is 1.24 bits per heavy atom. The van der Waals surface area contributed by atoms with Crippen molar-refractivity contribution in [3.8, 4) is 11.6 Å². The van der Waals surface area contributed by atoms with Gasteiger partial charge in [0.05, 0.1) is 6.26 Å². The standard InChI is InChI=1S/C17H17N5O3/c1-2-11-5-7-12(8-6-11)25-17-14(18)15(19-10-20-17)21-22-16(23)13-4-3-9-24-13/h3-10H,2,18H2,1H3,(H,22,23)(H,19,20,21). The van der Waals surface area contributed by atoms with Gasteiger partial charge < -0.3 is 14.9 Å². The fourth-order valence-electron chi connectivity index (χ4n) is 2.05. The number of nitrogens with two attached hydrogens (primary N) is 1. The molecule has 128 valence electrons. The normalized spacial score (nSPS) is 10.3. The van der Waals surface area contributed by atoms with Crippen molar-refractivity contribution >= 4 is 17.4 Å². The molecule has 0 fully saturated rings. The Labute approximate surface area is 144 Å². The summed E-state index contributed by atoms with van der Waals surface area (Å²) in [5.41, 5.74) is 12.4. The average molecular weight is 339 g/mol. The fourth-order valence-corrected chi connectivity index (χ4v) is 2.05. The van der Waals surface area contributed by atoms with Crippen molar-refractivity contribution in [1.29, 1.82) is 0 Å². The summed E-state index contributed by atoms with van der Waals surface area (Å²) < 4.78 is 10.7. The van der Waals surface area contributed by atoms with E-state index in [-0.39, 0.29) is 23.1 Å². The van der Waals surface area contributed by atoms with Crippen LogP contribution in [-0.2, 0) is 6.42 Å². The van der Waals surface area contributed by atoms with E-state index in [1.54, 1.807) is 6.07 Å². The van der Waals surface area contributed by atoms with Crippen LogP contribution in [0.5, 0.6) is 11.6 Å². The van der Waals surface area contributed by atoms with Crippen molar-refractivity contribution in [2.24, 2.45) is 0 Å². The molecule has 3 rings (SSSR count). The van der Waals surface area contributed by atoms with Crippen LogP contribution in [0.4, 0.5) is 11.5 Å². The molecule has 1 amide bonds. The van der Waals surface area contributed by atoms with Crippen molar-refractivity contribution in [2.75, 3.05) is 11.2 Å². The summed E-state index contributed by atoms with van der Waals surface area (Å²) in [6.07, 6.45) is 3.64. The van der Waals surface area contributed by atoms with Crippen LogP contribution in [0.1, 0.15) is 23.0 Å². The number of benzene rings is 1. The lowest BCUT2D eigenvalue weighted by Crippen LogP contribution is -2.30. The molecule has 8 heteroatoms. The Morgan fingerprint density at radius 3 is 2.72 bits per heavy atom. The van der Waals surface area contributed by atoms with E-state index in [2.05, 4.69) is 27.7 Å². The number of anilines is 2. The highest BCUT2D eigenvalue weighted by Gasteiger charge is 2.13. The summed E-state index contributed by atoms with van der Waals surface area (Å²) >= 11 is 0. The number of rotatable bonds is 6. The summed E-state index contributed by atoms with van der Waals surface area (Å²) in [6.45, 7) is 2.08. The molecule has 0 saturated carbocycles. The van der Waals surface area contributed by atoms with Crippen molar-refractivity contribution in [1.82, 2.24) is 15.4 Å². The zero-order valence-electron chi connectivity index (χ0n) is 13.5. The van der Waals surface area contributed by atoms with Crippen LogP contribution < -0.4 is 21.3 Å². The summed E-state index contributed by atoms with van der Waals surface area (Å²) in [4.78, 5) is 19.9. The molecule has 0 aliphatic carbocycles. The number of hydrogen-bond donors (Lipinski definition) is 3. The number of aromatic nitrogens is 2. The number of nitrogens with zero attached hydrogens (tertiary/aromatic N) is 2. The maximum atomic E-state index is 11.8. The first kappa shape index (κ1) is 16.3. The molecule has 4 N–H and O–H groups in total. The zero-order valence-corrected chi connectivity index (χ0v) is 13.5. The molecular weight excluding hydrogens is 322 g/mol. The highest BCUT2D eigenvalue weighted by atomic mass is 16.5. The van der Waals surface area contributed by atoms with Gasteiger partial charge >= 0.3 is 5.91 Å². The van der Waals surface area contributed by atoms with E-state index in [4.69, 9.17) is 14.9 Å². The smallest absolute Gasteiger partial charge is 0.305 e. The van der Waals surface area contributed by atoms with Gasteiger partial charge in [0.1, 0.15) is 17.8 Å². The van der Waals surface area contributed by atoms with Crippen LogP contribution in [0.2, 0.25) is 0 Å². The minimum atomic E-state index is -0.458. The number of carbonyl (C=O) groups excluding carboxylic acids is 1. The Bertz CT molecular complexity index is 847. The average Bonchev–Trinajstić information content (AvgIpc) is 3.17. The molecule has 0 radical (unpaired) electrons. The maximum Gasteiger partial charge on any atom is 0.305 e. The van der Waals surface area contributed by atoms with Gasteiger partial charge in [0.2, 0.25) is 5.88 Å². The zero-order chi connectivity index (χ0) is 17.6. The molecule has 0 aliphatic rings. The molecule has 8 nitrogen and oxygen atoms in total. The maximum absolute atomic E-state index is 11.8. The largest absolute Gasteiger partial charge is 0.459 e. The fraction of sp³-hybridized carbons (Fsp3) is 0.118. The van der Waals surface area contributed by atoms with Crippen molar-refractivity contribution < 1.29 is 13.9 Å². The lowest BCUT2D eigenvalue weighted by molar-refractivity contribution is 0.0935. The van der Waals surface area contributed by atoms with Gasteiger partial charge in [-0.1, -0.05) is 19.1 Å². The van der Waals surface area contributed by atoms with Crippen LogP contribution in [0, 0.1) is 0 Å². The van der Waals surface area contributed by atoms with E-state index in [1.807, 2.05) is 24.3 Å². The second-order valence-corrected chi connectivity index (χ2v) is 5.10. The molecule has 0 bridgehead atoms. The van der Waals surface area contributed by atoms with Crippen molar-refractivity contribution in [3.63, 3.8) is 0 Å². The number of amides is 1. The number of hydrogen-bond acceptors (Lipinski definition) is 7. The quantitative estimate of drug-likeness (QED) is 0.591. The monoisotopic (exact) mass is 339 g/mol. The van der Waals surface area contributed by atoms with E-state index in [0.717, 1.165) is 6.42 Å². The number of hydrazine groups is 1. The molecular formula is C17H17N5O3. The number of nitrogen functional groups attached to an aromatic ring is 1. The topological polar surface area (TPSA) is 115 Å². The second kappa shape index (κ2) is 7.35. The lowest BCUT2D eigenvalue weighted by Gasteiger charge is -2.12. The molecule has 1 aromatic carbocycles. The summed E-state index contributed by atoms with van der Waals surface area (Å²) in [5, 5.41) is 0. The number of furan rings is 1. The molecule has 0 spiro atoms. The van der Waals surface area contributed by atoms with Crippen LogP contribution in [-0.4, -0.2) is 15.9 Å². The van der Waals surface area contributed by atoms with Gasteiger partial charge in [-0.25, -0.2) is 4.98 Å². The predicted molar refractivity (Wildman–Crippen MR) is 92.1 cm³/mol. The molecule has 25 heavy (non-hydrogen) atoms. The number of ether oxygens (including phenoxy) is 1. The van der Waals surface area contributed by atoms with Gasteiger partial charge in [0.15, 0.2) is 11.6 Å². The molecule has 3 aromatic rings. The van der Waals surface area contributed by atoms with Crippen LogP contribution in [0.3, 0.4) is 0 Å². The predicted octanol–water partition coefficient (Wildman–Crippen LogP) is 2.76. The van der Waals surface area contributed by atoms with E-state index in [1.165, 1.54) is 24.2 Å². The molecule has 0 saturated heterocycles. The highest BCUT2D eigenvalue weighted by molar-refractivity contribution is 5.92. The molecule has 0 unspecified atom stereocenters. The first-order chi connectivity index (χ1) is 12.2. The highest BCUT2D eigenvalue weighted by Crippen LogP contribution is 2.29. The van der Waals surface area contributed by atoms with E-state index < -0.39 is 5.91 Å². The third-order valence-corrected chi connectivity index (χ3v) is 3.43. The first-order valence-corrected chi connectivity index (χ1v) is 7.64. The van der Waals surface area contributed by atoms with Gasteiger partial charge in [-0.2, -0.15) is 4.98 Å².